The summed E-state index contributed by atoms with van der Waals surface area (Å²) in [6.07, 6.45) is 4.14. The van der Waals surface area contributed by atoms with Gasteiger partial charge in [-0.2, -0.15) is 5.26 Å². The van der Waals surface area contributed by atoms with Gasteiger partial charge in [-0.15, -0.1) is 0 Å². The molecule has 4 aromatic rings. The molecule has 8 heteroatoms. The minimum absolute atomic E-state index is 0.0136. The van der Waals surface area contributed by atoms with Gasteiger partial charge in [-0.1, -0.05) is 12.1 Å². The lowest BCUT2D eigenvalue weighted by Crippen LogP contribution is -2.27. The molecule has 1 saturated heterocycles. The van der Waals surface area contributed by atoms with Gasteiger partial charge < -0.3 is 15.6 Å². The molecule has 0 bridgehead atoms. The maximum absolute atomic E-state index is 14.4. The molecule has 3 N–H and O–H groups in total. The number of hydrogen-bond acceptors (Lipinski definition) is 5. The Balaban J connectivity index is 1.73. The molecule has 0 unspecified atom stereocenters. The Morgan fingerprint density at radius 1 is 1.13 bits per heavy atom. The largest absolute Gasteiger partial charge is 0.369 e. The average Bonchev–Trinajstić information content (AvgIpc) is 3.40. The second-order valence-electron chi connectivity index (χ2n) is 7.61. The number of para-hydroxylation sites is 1. The number of imidazole rings is 1. The fourth-order valence-electron chi connectivity index (χ4n) is 4.07. The number of rotatable bonds is 3. The number of hydrogen-bond donors (Lipinski definition) is 2. The summed E-state index contributed by atoms with van der Waals surface area (Å²) >= 11 is 0. The van der Waals surface area contributed by atoms with Crippen molar-refractivity contribution in [2.75, 3.05) is 18.0 Å². The van der Waals surface area contributed by atoms with E-state index in [1.807, 2.05) is 6.07 Å². The van der Waals surface area contributed by atoms with Crippen molar-refractivity contribution in [2.24, 2.45) is 5.73 Å². The maximum atomic E-state index is 14.4. The molecular formula is C23H18F2N6. The summed E-state index contributed by atoms with van der Waals surface area (Å²) in [5.41, 5.74) is 9.71. The Morgan fingerprint density at radius 3 is 2.68 bits per heavy atom. The molecule has 3 heterocycles. The molecule has 0 saturated carbocycles. The van der Waals surface area contributed by atoms with Crippen LogP contribution < -0.4 is 10.6 Å². The van der Waals surface area contributed by atoms with Crippen molar-refractivity contribution in [1.82, 2.24) is 15.0 Å². The first kappa shape index (κ1) is 19.2. The van der Waals surface area contributed by atoms with Gasteiger partial charge in [0, 0.05) is 37.1 Å². The Morgan fingerprint density at radius 2 is 1.97 bits per heavy atom. The smallest absolute Gasteiger partial charge is 0.151 e. The SMILES string of the molecule is N#Cc1ccc(-c2cncc(-c3nc4c(F)cccc4[nH]3)c2N2CC[C@H](N)C2)cc1F. The van der Waals surface area contributed by atoms with Crippen LogP contribution in [-0.2, 0) is 0 Å². The number of anilines is 1. The number of nitrogens with one attached hydrogen (secondary N) is 1. The van der Waals surface area contributed by atoms with Crippen molar-refractivity contribution in [1.29, 1.82) is 5.26 Å². The number of pyridine rings is 1. The first-order valence-corrected chi connectivity index (χ1v) is 9.88. The van der Waals surface area contributed by atoms with E-state index in [4.69, 9.17) is 11.0 Å². The Bertz CT molecular complexity index is 1340. The topological polar surface area (TPSA) is 94.6 Å². The van der Waals surface area contributed by atoms with E-state index in [2.05, 4.69) is 19.9 Å². The fraction of sp³-hybridized carbons (Fsp3) is 0.174. The van der Waals surface area contributed by atoms with Gasteiger partial charge in [0.25, 0.3) is 0 Å². The monoisotopic (exact) mass is 416 g/mol. The van der Waals surface area contributed by atoms with Crippen LogP contribution in [0.1, 0.15) is 12.0 Å². The molecule has 154 valence electrons. The summed E-state index contributed by atoms with van der Waals surface area (Å²) in [6.45, 7) is 1.34. The number of aromatic amines is 1. The van der Waals surface area contributed by atoms with Crippen LogP contribution in [0.3, 0.4) is 0 Å². The molecule has 1 atom stereocenters. The van der Waals surface area contributed by atoms with Crippen LogP contribution in [0.15, 0.2) is 48.8 Å². The minimum Gasteiger partial charge on any atom is -0.369 e. The van der Waals surface area contributed by atoms with Gasteiger partial charge in [-0.05, 0) is 36.2 Å². The summed E-state index contributed by atoms with van der Waals surface area (Å²) in [5, 5.41) is 9.05. The van der Waals surface area contributed by atoms with Gasteiger partial charge >= 0.3 is 0 Å². The highest BCUT2D eigenvalue weighted by molar-refractivity contribution is 5.91. The molecule has 0 spiro atoms. The number of nitriles is 1. The lowest BCUT2D eigenvalue weighted by molar-refractivity contribution is 0.624. The highest BCUT2D eigenvalue weighted by Crippen LogP contribution is 2.40. The summed E-state index contributed by atoms with van der Waals surface area (Å²) < 4.78 is 28.6. The number of fused-ring (bicyclic) bond motifs is 1. The van der Waals surface area contributed by atoms with Gasteiger partial charge in [-0.3, -0.25) is 4.98 Å². The van der Waals surface area contributed by atoms with Crippen LogP contribution in [-0.4, -0.2) is 34.1 Å². The molecule has 0 radical (unpaired) electrons. The molecule has 6 nitrogen and oxygen atoms in total. The zero-order chi connectivity index (χ0) is 21.5. The van der Waals surface area contributed by atoms with E-state index in [1.165, 1.54) is 18.2 Å². The Hall–Kier alpha value is -3.83. The molecule has 2 aromatic carbocycles. The molecule has 1 fully saturated rings. The van der Waals surface area contributed by atoms with Crippen LogP contribution in [0.4, 0.5) is 14.5 Å². The lowest BCUT2D eigenvalue weighted by Gasteiger charge is -2.24. The Labute approximate surface area is 177 Å². The van der Waals surface area contributed by atoms with Crippen molar-refractivity contribution in [3.05, 3.63) is 66.0 Å². The van der Waals surface area contributed by atoms with Gasteiger partial charge in [0.15, 0.2) is 5.82 Å². The molecule has 31 heavy (non-hydrogen) atoms. The molecule has 1 aliphatic heterocycles. The van der Waals surface area contributed by atoms with Crippen molar-refractivity contribution in [3.63, 3.8) is 0 Å². The van der Waals surface area contributed by atoms with Gasteiger partial charge in [0.05, 0.1) is 22.3 Å². The molecule has 0 aliphatic carbocycles. The summed E-state index contributed by atoms with van der Waals surface area (Å²) in [7, 11) is 0. The molecule has 0 amide bonds. The number of halogens is 2. The van der Waals surface area contributed by atoms with E-state index in [9.17, 15) is 8.78 Å². The average molecular weight is 416 g/mol. The second kappa shape index (κ2) is 7.45. The summed E-state index contributed by atoms with van der Waals surface area (Å²) in [4.78, 5) is 14.1. The zero-order valence-corrected chi connectivity index (χ0v) is 16.4. The third-order valence-corrected chi connectivity index (χ3v) is 5.58. The zero-order valence-electron chi connectivity index (χ0n) is 16.4. The first-order chi connectivity index (χ1) is 15.0. The molecular weight excluding hydrogens is 398 g/mol. The third-order valence-electron chi connectivity index (χ3n) is 5.58. The Kier molecular flexibility index (Phi) is 4.60. The van der Waals surface area contributed by atoms with E-state index in [1.54, 1.807) is 30.6 Å². The highest BCUT2D eigenvalue weighted by atomic mass is 19.1. The molecule has 1 aliphatic rings. The third kappa shape index (κ3) is 3.29. The number of nitrogens with zero attached hydrogens (tertiary/aromatic N) is 4. The fourth-order valence-corrected chi connectivity index (χ4v) is 4.07. The predicted octanol–water partition coefficient (Wildman–Crippen LogP) is 3.98. The van der Waals surface area contributed by atoms with Gasteiger partial charge in [-0.25, -0.2) is 13.8 Å². The molecule has 5 rings (SSSR count). The van der Waals surface area contributed by atoms with Crippen LogP contribution in [0.25, 0.3) is 33.5 Å². The molecule has 2 aromatic heterocycles. The predicted molar refractivity (Wildman–Crippen MR) is 114 cm³/mol. The van der Waals surface area contributed by atoms with Crippen molar-refractivity contribution >= 4 is 16.7 Å². The van der Waals surface area contributed by atoms with Crippen LogP contribution in [0.2, 0.25) is 0 Å². The number of H-pyrrole nitrogens is 1. The van der Waals surface area contributed by atoms with E-state index in [0.29, 0.717) is 34.6 Å². The number of nitrogens with two attached hydrogens (primary N) is 1. The van der Waals surface area contributed by atoms with E-state index in [0.717, 1.165) is 18.7 Å². The number of benzene rings is 2. The van der Waals surface area contributed by atoms with Crippen LogP contribution in [0, 0.1) is 23.0 Å². The van der Waals surface area contributed by atoms with Gasteiger partial charge in [0.2, 0.25) is 0 Å². The summed E-state index contributed by atoms with van der Waals surface area (Å²) in [5.74, 6) is -0.539. The van der Waals surface area contributed by atoms with Crippen LogP contribution >= 0.6 is 0 Å². The quantitative estimate of drug-likeness (QED) is 0.527. The van der Waals surface area contributed by atoms with Crippen molar-refractivity contribution in [2.45, 2.75) is 12.5 Å². The number of aromatic nitrogens is 3. The van der Waals surface area contributed by atoms with Gasteiger partial charge in [0.1, 0.15) is 23.2 Å². The van der Waals surface area contributed by atoms with Crippen LogP contribution in [0.5, 0.6) is 0 Å². The normalized spacial score (nSPS) is 16.1. The second-order valence-corrected chi connectivity index (χ2v) is 7.61. The van der Waals surface area contributed by atoms with Crippen molar-refractivity contribution < 1.29 is 8.78 Å². The van der Waals surface area contributed by atoms with Crippen molar-refractivity contribution in [3.8, 4) is 28.6 Å². The maximum Gasteiger partial charge on any atom is 0.151 e. The first-order valence-electron chi connectivity index (χ1n) is 9.88. The standard InChI is InChI=1S/C23H18F2N6/c24-18-2-1-3-20-21(18)30-23(29-20)17-11-28-10-16(22(17)31-7-6-15(27)12-31)13-4-5-14(9-26)19(25)8-13/h1-5,8,10-11,15H,6-7,12,27H2,(H,29,30)/t15-/m0/s1. The summed E-state index contributed by atoms with van der Waals surface area (Å²) in [6, 6.07) is 11.1. The minimum atomic E-state index is -0.597. The van der Waals surface area contributed by atoms with E-state index < -0.39 is 11.6 Å². The van der Waals surface area contributed by atoms with E-state index >= 15 is 0 Å². The lowest BCUT2D eigenvalue weighted by atomic mass is 10.00. The highest BCUT2D eigenvalue weighted by Gasteiger charge is 2.26. The van der Waals surface area contributed by atoms with E-state index in [-0.39, 0.29) is 17.1 Å².